The highest BCUT2D eigenvalue weighted by atomic mass is 35.5. The van der Waals surface area contributed by atoms with Crippen LogP contribution in [-0.2, 0) is 19.4 Å². The van der Waals surface area contributed by atoms with Gasteiger partial charge in [-0.05, 0) is 42.3 Å². The predicted molar refractivity (Wildman–Crippen MR) is 102 cm³/mol. The number of aromatic nitrogens is 1. The SMILES string of the molecule is CCN1CCc2c(n(Cc3ccc(Cl)cc3)c3ccccc23)CC1. The van der Waals surface area contributed by atoms with Gasteiger partial charge in [0.05, 0.1) is 0 Å². The molecule has 0 amide bonds. The van der Waals surface area contributed by atoms with Crippen molar-refractivity contribution in [2.45, 2.75) is 26.3 Å². The lowest BCUT2D eigenvalue weighted by molar-refractivity contribution is 0.302. The molecule has 4 rings (SSSR count). The highest BCUT2D eigenvalue weighted by molar-refractivity contribution is 6.30. The zero-order valence-corrected chi connectivity index (χ0v) is 14.9. The molecule has 0 atom stereocenters. The molecule has 2 nitrogen and oxygen atoms in total. The van der Waals surface area contributed by atoms with E-state index in [0.29, 0.717) is 0 Å². The molecule has 0 radical (unpaired) electrons. The minimum absolute atomic E-state index is 0.800. The van der Waals surface area contributed by atoms with Crippen molar-refractivity contribution < 1.29 is 0 Å². The van der Waals surface area contributed by atoms with E-state index in [4.69, 9.17) is 11.6 Å². The molecule has 2 heterocycles. The Balaban J connectivity index is 1.79. The summed E-state index contributed by atoms with van der Waals surface area (Å²) in [5, 5.41) is 2.23. The van der Waals surface area contributed by atoms with Crippen molar-refractivity contribution in [3.05, 3.63) is 70.4 Å². The van der Waals surface area contributed by atoms with Gasteiger partial charge in [-0.1, -0.05) is 48.9 Å². The van der Waals surface area contributed by atoms with Crippen LogP contribution >= 0.6 is 11.6 Å². The van der Waals surface area contributed by atoms with Gasteiger partial charge in [-0.15, -0.1) is 0 Å². The molecule has 2 aromatic carbocycles. The first-order chi connectivity index (χ1) is 11.8. The van der Waals surface area contributed by atoms with Crippen LogP contribution in [0.2, 0.25) is 5.02 Å². The van der Waals surface area contributed by atoms with Crippen molar-refractivity contribution in [1.82, 2.24) is 9.47 Å². The molecule has 1 aliphatic heterocycles. The normalized spacial score (nSPS) is 15.4. The molecule has 0 N–H and O–H groups in total. The van der Waals surface area contributed by atoms with Gasteiger partial charge in [-0.2, -0.15) is 0 Å². The van der Waals surface area contributed by atoms with Gasteiger partial charge in [0.25, 0.3) is 0 Å². The Morgan fingerprint density at radius 1 is 0.958 bits per heavy atom. The van der Waals surface area contributed by atoms with Gasteiger partial charge in [0, 0.05) is 47.7 Å². The summed E-state index contributed by atoms with van der Waals surface area (Å²) in [5.41, 5.74) is 5.74. The largest absolute Gasteiger partial charge is 0.340 e. The average molecular weight is 339 g/mol. The molecule has 0 bridgehead atoms. The molecule has 0 spiro atoms. The van der Waals surface area contributed by atoms with Gasteiger partial charge in [0.15, 0.2) is 0 Å². The van der Waals surface area contributed by atoms with Crippen molar-refractivity contribution >= 4 is 22.5 Å². The highest BCUT2D eigenvalue weighted by Gasteiger charge is 2.21. The van der Waals surface area contributed by atoms with Gasteiger partial charge < -0.3 is 9.47 Å². The number of benzene rings is 2. The van der Waals surface area contributed by atoms with Gasteiger partial charge in [0.1, 0.15) is 0 Å². The van der Waals surface area contributed by atoms with E-state index in [-0.39, 0.29) is 0 Å². The molecular formula is C21H23ClN2. The summed E-state index contributed by atoms with van der Waals surface area (Å²) in [5.74, 6) is 0. The zero-order chi connectivity index (χ0) is 16.5. The lowest BCUT2D eigenvalue weighted by Crippen LogP contribution is -2.26. The lowest BCUT2D eigenvalue weighted by Gasteiger charge is -2.17. The van der Waals surface area contributed by atoms with Crippen LogP contribution in [-0.4, -0.2) is 29.1 Å². The standard InChI is InChI=1S/C21H23ClN2/c1-2-23-13-11-19-18-5-3-4-6-20(18)24(21(19)12-14-23)15-16-7-9-17(22)10-8-16/h3-10H,2,11-15H2,1H3. The second-order valence-electron chi connectivity index (χ2n) is 6.59. The van der Waals surface area contributed by atoms with Gasteiger partial charge >= 0.3 is 0 Å². The minimum Gasteiger partial charge on any atom is -0.340 e. The Kier molecular flexibility index (Phi) is 4.34. The number of para-hydroxylation sites is 1. The summed E-state index contributed by atoms with van der Waals surface area (Å²) in [6, 6.07) is 17.1. The number of hydrogen-bond donors (Lipinski definition) is 0. The number of nitrogens with zero attached hydrogens (tertiary/aromatic N) is 2. The summed E-state index contributed by atoms with van der Waals surface area (Å²) in [6.45, 7) is 6.63. The number of fused-ring (bicyclic) bond motifs is 3. The third kappa shape index (κ3) is 2.85. The molecule has 1 aliphatic rings. The number of halogens is 1. The molecular weight excluding hydrogens is 316 g/mol. The molecule has 0 unspecified atom stereocenters. The summed E-state index contributed by atoms with van der Waals surface area (Å²) in [6.07, 6.45) is 2.28. The Morgan fingerprint density at radius 2 is 1.71 bits per heavy atom. The minimum atomic E-state index is 0.800. The van der Waals surface area contributed by atoms with E-state index in [1.165, 1.54) is 28.7 Å². The van der Waals surface area contributed by atoms with E-state index in [1.807, 2.05) is 12.1 Å². The Hall–Kier alpha value is -1.77. The first-order valence-electron chi connectivity index (χ1n) is 8.82. The Bertz CT molecular complexity index is 848. The Labute approximate surface area is 148 Å². The number of likely N-dealkylation sites (N-methyl/N-ethyl adjacent to an activating group) is 1. The van der Waals surface area contributed by atoms with Crippen LogP contribution in [0.1, 0.15) is 23.7 Å². The van der Waals surface area contributed by atoms with Crippen LogP contribution in [0.25, 0.3) is 10.9 Å². The maximum Gasteiger partial charge on any atom is 0.0488 e. The van der Waals surface area contributed by atoms with E-state index in [2.05, 4.69) is 52.8 Å². The predicted octanol–water partition coefficient (Wildman–Crippen LogP) is 4.76. The van der Waals surface area contributed by atoms with Crippen LogP contribution < -0.4 is 0 Å². The molecule has 3 heteroatoms. The van der Waals surface area contributed by atoms with Crippen molar-refractivity contribution in [3.63, 3.8) is 0 Å². The van der Waals surface area contributed by atoms with Gasteiger partial charge in [0.2, 0.25) is 0 Å². The maximum absolute atomic E-state index is 6.05. The first-order valence-corrected chi connectivity index (χ1v) is 9.20. The van der Waals surface area contributed by atoms with Crippen LogP contribution in [0.15, 0.2) is 48.5 Å². The quantitative estimate of drug-likeness (QED) is 0.668. The number of rotatable bonds is 3. The lowest BCUT2D eigenvalue weighted by atomic mass is 10.1. The fourth-order valence-electron chi connectivity index (χ4n) is 3.91. The number of hydrogen-bond acceptors (Lipinski definition) is 1. The van der Waals surface area contributed by atoms with Crippen LogP contribution in [0.3, 0.4) is 0 Å². The molecule has 24 heavy (non-hydrogen) atoms. The van der Waals surface area contributed by atoms with Crippen molar-refractivity contribution in [1.29, 1.82) is 0 Å². The fourth-order valence-corrected chi connectivity index (χ4v) is 4.03. The molecule has 0 aliphatic carbocycles. The first kappa shape index (κ1) is 15.7. The molecule has 0 saturated heterocycles. The topological polar surface area (TPSA) is 8.17 Å². The van der Waals surface area contributed by atoms with Crippen LogP contribution in [0.5, 0.6) is 0 Å². The molecule has 1 aromatic heterocycles. The molecule has 124 valence electrons. The Morgan fingerprint density at radius 3 is 2.50 bits per heavy atom. The third-order valence-corrected chi connectivity index (χ3v) is 5.49. The van der Waals surface area contributed by atoms with Crippen molar-refractivity contribution in [2.24, 2.45) is 0 Å². The van der Waals surface area contributed by atoms with E-state index in [0.717, 1.165) is 37.5 Å². The smallest absolute Gasteiger partial charge is 0.0488 e. The summed E-state index contributed by atoms with van der Waals surface area (Å²) in [7, 11) is 0. The zero-order valence-electron chi connectivity index (χ0n) is 14.1. The van der Waals surface area contributed by atoms with Gasteiger partial charge in [-0.25, -0.2) is 0 Å². The summed E-state index contributed by atoms with van der Waals surface area (Å²) < 4.78 is 2.52. The fraction of sp³-hybridized carbons (Fsp3) is 0.333. The summed E-state index contributed by atoms with van der Waals surface area (Å²) in [4.78, 5) is 2.56. The van der Waals surface area contributed by atoms with Crippen molar-refractivity contribution in [3.8, 4) is 0 Å². The summed E-state index contributed by atoms with van der Waals surface area (Å²) >= 11 is 6.05. The van der Waals surface area contributed by atoms with E-state index < -0.39 is 0 Å². The second kappa shape index (κ2) is 6.62. The van der Waals surface area contributed by atoms with Crippen LogP contribution in [0.4, 0.5) is 0 Å². The third-order valence-electron chi connectivity index (χ3n) is 5.24. The maximum atomic E-state index is 6.05. The van der Waals surface area contributed by atoms with Crippen molar-refractivity contribution in [2.75, 3.05) is 19.6 Å². The second-order valence-corrected chi connectivity index (χ2v) is 7.03. The van der Waals surface area contributed by atoms with Crippen LogP contribution in [0, 0.1) is 0 Å². The highest BCUT2D eigenvalue weighted by Crippen LogP contribution is 2.30. The van der Waals surface area contributed by atoms with E-state index >= 15 is 0 Å². The monoisotopic (exact) mass is 338 g/mol. The van der Waals surface area contributed by atoms with E-state index in [9.17, 15) is 0 Å². The molecule has 0 saturated carbocycles. The van der Waals surface area contributed by atoms with Gasteiger partial charge in [-0.3, -0.25) is 0 Å². The molecule has 0 fully saturated rings. The van der Waals surface area contributed by atoms with E-state index in [1.54, 1.807) is 5.56 Å². The average Bonchev–Trinajstić information content (AvgIpc) is 2.77. The molecule has 3 aromatic rings.